The Labute approximate surface area is 401 Å². The van der Waals surface area contributed by atoms with Crippen LogP contribution in [0.5, 0.6) is 5.75 Å². The van der Waals surface area contributed by atoms with E-state index < -0.39 is 84.6 Å². The summed E-state index contributed by atoms with van der Waals surface area (Å²) in [5, 5.41) is 90.1. The number of nitro groups is 1. The first kappa shape index (κ1) is 55.0. The second-order valence-electron chi connectivity index (χ2n) is 17.4. The molecule has 10 N–H and O–H groups in total. The maximum Gasteiger partial charge on any atom is 0.407 e. The van der Waals surface area contributed by atoms with Crippen LogP contribution in [0.4, 0.5) is 10.5 Å². The summed E-state index contributed by atoms with van der Waals surface area (Å²) in [6.45, 7) is -0.455. The summed E-state index contributed by atoms with van der Waals surface area (Å²) in [6, 6.07) is 2.53. The highest BCUT2D eigenvalue weighted by Gasteiger charge is 2.46. The highest BCUT2D eigenvalue weighted by molar-refractivity contribution is 8.00. The van der Waals surface area contributed by atoms with E-state index in [4.69, 9.17) is 14.2 Å². The van der Waals surface area contributed by atoms with Gasteiger partial charge in [-0.25, -0.2) is 4.79 Å². The van der Waals surface area contributed by atoms with Gasteiger partial charge in [0.2, 0.25) is 18.1 Å². The molecule has 0 radical (unpaired) electrons. The molecule has 27 heteroatoms. The van der Waals surface area contributed by atoms with Crippen molar-refractivity contribution in [1.82, 2.24) is 35.6 Å². The maximum absolute atomic E-state index is 12.9. The first-order valence-electron chi connectivity index (χ1n) is 22.8. The van der Waals surface area contributed by atoms with Gasteiger partial charge >= 0.3 is 29.7 Å². The molecule has 4 aliphatic rings. The topological polar surface area (TPSA) is 364 Å². The van der Waals surface area contributed by atoms with Crippen molar-refractivity contribution < 1.29 is 83.6 Å². The Morgan fingerprint density at radius 2 is 1.55 bits per heavy atom. The number of rotatable bonds is 22. The Kier molecular flexibility index (Phi) is 21.4. The zero-order valence-electron chi connectivity index (χ0n) is 38.0. The van der Waals surface area contributed by atoms with Crippen LogP contribution >= 0.6 is 11.8 Å². The number of carbonyl (C=O) groups is 6. The van der Waals surface area contributed by atoms with Gasteiger partial charge in [-0.3, -0.25) is 53.7 Å². The smallest absolute Gasteiger partial charge is 0.407 e. The minimum atomic E-state index is -1.82. The summed E-state index contributed by atoms with van der Waals surface area (Å²) < 4.78 is 16.0. The number of carboxylic acid groups (broad SMARTS) is 3. The number of hydrogen-bond acceptors (Lipinski definition) is 20. The van der Waals surface area contributed by atoms with Gasteiger partial charge in [0, 0.05) is 102 Å². The summed E-state index contributed by atoms with van der Waals surface area (Å²) in [6.07, 6.45) is -6.19. The molecule has 26 nitrogen and oxygen atoms in total. The normalized spacial score (nSPS) is 26.9. The number of aliphatic carboxylic acids is 3. The Bertz CT molecular complexity index is 1910. The third kappa shape index (κ3) is 16.9. The highest BCUT2D eigenvalue weighted by Crippen LogP contribution is 2.39. The fourth-order valence-electron chi connectivity index (χ4n) is 8.69. The molecule has 69 heavy (non-hydrogen) atoms. The number of fused-ring (bicyclic) bond motifs is 1. The second kappa shape index (κ2) is 26.9. The molecule has 0 saturated carbocycles. The molecule has 8 unspecified atom stereocenters. The number of nitro benzene ring substituents is 1. The predicted molar refractivity (Wildman–Crippen MR) is 241 cm³/mol. The van der Waals surface area contributed by atoms with E-state index in [1.165, 1.54) is 6.07 Å². The molecule has 0 aliphatic carbocycles. The Morgan fingerprint density at radius 3 is 2.17 bits per heavy atom. The van der Waals surface area contributed by atoms with E-state index in [0.717, 1.165) is 30.7 Å². The Balaban J connectivity index is 1.11. The van der Waals surface area contributed by atoms with Crippen molar-refractivity contribution in [3.05, 3.63) is 33.9 Å². The minimum Gasteiger partial charge on any atom is -0.480 e. The standard InChI is InChI=1S/C42H64N8O18S/c51-22-30-37(58)38(59)39(60)41(68-30)67-29-6-5-25(17-27(29)50(64)65)23-66-42(63)43-7-8-46-9-11-47(20-34(54)55)13-15-49(16-14-48(12-10-46)21-35(56)57)28(40(61)62)19-44-32(52)4-2-1-3-31-36-26(24-69-31)18-33(53)45-36/h5-6,17,26,28,30-31,36-39,41,51,58-60H,1-4,7-16,18-24H2,(H,43,63)(H,44,52)(H,45,53)(H,54,55)(H,56,57)(H,61,62)/t26?,28-,30?,31?,36?,37?,38?,39?,41?/m1/s1. The van der Waals surface area contributed by atoms with E-state index in [-0.39, 0.29) is 121 Å². The van der Waals surface area contributed by atoms with Gasteiger partial charge in [-0.05, 0) is 36.1 Å². The lowest BCUT2D eigenvalue weighted by atomic mass is 9.97. The predicted octanol–water partition coefficient (Wildman–Crippen LogP) is -2.86. The fraction of sp³-hybridized carbons (Fsp3) is 0.714. The number of unbranched alkanes of at least 4 members (excludes halogenated alkanes) is 1. The van der Waals surface area contributed by atoms with Crippen LogP contribution in [-0.4, -0.2) is 242 Å². The van der Waals surface area contributed by atoms with Crippen LogP contribution in [-0.2, 0) is 40.1 Å². The molecular weight excluding hydrogens is 937 g/mol. The SMILES string of the molecule is O=C(O)CN1CCN(CCNC(=O)OCc2ccc(OC3OC(CO)C(O)C(O)C3O)c([N+](=O)[O-])c2)CCN(CC(=O)O)CCN([C@H](CNC(=O)CCCCC2SCC3CC(=O)NC32)C(=O)O)CC1. The number of amides is 3. The number of aliphatic hydroxyl groups excluding tert-OH is 4. The van der Waals surface area contributed by atoms with Crippen LogP contribution in [0.3, 0.4) is 0 Å². The van der Waals surface area contributed by atoms with Crippen molar-refractivity contribution in [3.8, 4) is 5.75 Å². The number of alkyl carbamates (subject to hydrolysis) is 1. The fourth-order valence-corrected chi connectivity index (χ4v) is 10.3. The van der Waals surface area contributed by atoms with Crippen LogP contribution in [0.25, 0.3) is 0 Å². The van der Waals surface area contributed by atoms with E-state index in [1.807, 2.05) is 16.7 Å². The van der Waals surface area contributed by atoms with E-state index >= 15 is 0 Å². The Hall–Kier alpha value is -4.97. The molecule has 0 aromatic heterocycles. The van der Waals surface area contributed by atoms with E-state index in [9.17, 15) is 74.6 Å². The summed E-state index contributed by atoms with van der Waals surface area (Å²) in [5.41, 5.74) is -0.426. The second-order valence-corrected chi connectivity index (χ2v) is 18.7. The number of benzene rings is 1. The third-order valence-electron chi connectivity index (χ3n) is 12.5. The molecule has 386 valence electrons. The number of carboxylic acids is 3. The molecule has 4 fully saturated rings. The molecule has 1 aromatic carbocycles. The van der Waals surface area contributed by atoms with Gasteiger partial charge < -0.3 is 65.9 Å². The van der Waals surface area contributed by atoms with Crippen molar-refractivity contribution in [3.63, 3.8) is 0 Å². The molecule has 4 saturated heterocycles. The average Bonchev–Trinajstić information content (AvgIpc) is 3.86. The van der Waals surface area contributed by atoms with Crippen LogP contribution in [0, 0.1) is 16.0 Å². The summed E-state index contributed by atoms with van der Waals surface area (Å²) in [4.78, 5) is 91.7. The maximum atomic E-state index is 12.9. The molecule has 3 amide bonds. The van der Waals surface area contributed by atoms with Gasteiger partial charge in [-0.15, -0.1) is 0 Å². The van der Waals surface area contributed by atoms with Crippen LogP contribution in [0.2, 0.25) is 0 Å². The number of ether oxygens (including phenoxy) is 3. The number of carbonyl (C=O) groups excluding carboxylic acids is 3. The summed E-state index contributed by atoms with van der Waals surface area (Å²) in [5.74, 6) is -2.76. The molecule has 5 rings (SSSR count). The number of hydrogen-bond donors (Lipinski definition) is 10. The number of thioether (sulfide) groups is 1. The van der Waals surface area contributed by atoms with Gasteiger partial charge in [0.25, 0.3) is 0 Å². The van der Waals surface area contributed by atoms with Crippen LogP contribution < -0.4 is 20.7 Å². The van der Waals surface area contributed by atoms with Crippen molar-refractivity contribution in [2.45, 2.75) is 86.8 Å². The lowest BCUT2D eigenvalue weighted by Gasteiger charge is -2.39. The highest BCUT2D eigenvalue weighted by atomic mass is 32.2. The molecular formula is C42H64N8O18S. The third-order valence-corrected chi connectivity index (χ3v) is 14.1. The molecule has 0 bridgehead atoms. The van der Waals surface area contributed by atoms with Gasteiger partial charge in [-0.1, -0.05) is 12.5 Å². The summed E-state index contributed by atoms with van der Waals surface area (Å²) >= 11 is 1.84. The zero-order valence-corrected chi connectivity index (χ0v) is 38.9. The van der Waals surface area contributed by atoms with Gasteiger partial charge in [-0.2, -0.15) is 11.8 Å². The van der Waals surface area contributed by atoms with Crippen LogP contribution in [0.1, 0.15) is 37.7 Å². The van der Waals surface area contributed by atoms with Crippen LogP contribution in [0.15, 0.2) is 18.2 Å². The first-order chi connectivity index (χ1) is 32.9. The van der Waals surface area contributed by atoms with Crippen molar-refractivity contribution in [1.29, 1.82) is 0 Å². The van der Waals surface area contributed by atoms with Gasteiger partial charge in [0.1, 0.15) is 37.1 Å². The lowest BCUT2D eigenvalue weighted by Crippen LogP contribution is -2.60. The van der Waals surface area contributed by atoms with Gasteiger partial charge in [0.05, 0.1) is 24.6 Å². The molecule has 0 spiro atoms. The molecule has 1 aromatic rings. The van der Waals surface area contributed by atoms with Crippen molar-refractivity contribution >= 4 is 53.3 Å². The number of aliphatic hydroxyl groups is 4. The molecule has 4 aliphatic heterocycles. The quantitative estimate of drug-likeness (QED) is 0.0317. The first-order valence-corrected chi connectivity index (χ1v) is 23.9. The lowest BCUT2D eigenvalue weighted by molar-refractivity contribution is -0.387. The number of nitrogens with zero attached hydrogens (tertiary/aromatic N) is 5. The van der Waals surface area contributed by atoms with E-state index in [0.29, 0.717) is 24.0 Å². The number of nitrogens with one attached hydrogen (secondary N) is 3. The van der Waals surface area contributed by atoms with Crippen molar-refractivity contribution in [2.75, 3.05) is 97.4 Å². The molecule has 9 atom stereocenters. The average molecular weight is 1000 g/mol. The zero-order chi connectivity index (χ0) is 50.2. The van der Waals surface area contributed by atoms with Crippen molar-refractivity contribution in [2.24, 2.45) is 5.92 Å². The monoisotopic (exact) mass is 1000 g/mol. The largest absolute Gasteiger partial charge is 0.480 e. The minimum absolute atomic E-state index is 0.0304. The summed E-state index contributed by atoms with van der Waals surface area (Å²) in [7, 11) is 0. The van der Waals surface area contributed by atoms with Gasteiger partial charge in [0.15, 0.2) is 5.75 Å². The van der Waals surface area contributed by atoms with E-state index in [1.54, 1.807) is 14.7 Å². The Morgan fingerprint density at radius 1 is 0.899 bits per heavy atom. The van der Waals surface area contributed by atoms with E-state index in [2.05, 4.69) is 16.0 Å². The molecule has 4 heterocycles.